The van der Waals surface area contributed by atoms with Gasteiger partial charge in [0.1, 0.15) is 5.75 Å². The number of rotatable bonds is 6. The van der Waals surface area contributed by atoms with Crippen molar-refractivity contribution < 1.29 is 19.1 Å². The van der Waals surface area contributed by atoms with Gasteiger partial charge in [0.2, 0.25) is 0 Å². The molecule has 0 amide bonds. The van der Waals surface area contributed by atoms with Crippen LogP contribution < -0.4 is 4.74 Å². The number of benzene rings is 2. The summed E-state index contributed by atoms with van der Waals surface area (Å²) in [6.07, 6.45) is 0.764. The fraction of sp³-hybridized carbons (Fsp3) is 0.222. The third-order valence-corrected chi connectivity index (χ3v) is 3.18. The van der Waals surface area contributed by atoms with Gasteiger partial charge in [0.05, 0.1) is 18.8 Å². The molecular weight excluding hydrogens is 280 g/mol. The molecule has 0 bridgehead atoms. The maximum absolute atomic E-state index is 12.2. The molecule has 114 valence electrons. The summed E-state index contributed by atoms with van der Waals surface area (Å²) in [4.78, 5) is 23.5. The van der Waals surface area contributed by atoms with E-state index in [9.17, 15) is 9.59 Å². The van der Waals surface area contributed by atoms with Crippen LogP contribution in [-0.4, -0.2) is 25.5 Å². The molecule has 0 radical (unpaired) electrons. The van der Waals surface area contributed by atoms with Crippen molar-refractivity contribution in [2.45, 2.75) is 13.8 Å². The molecule has 0 unspecified atom stereocenters. The zero-order valence-corrected chi connectivity index (χ0v) is 12.7. The van der Waals surface area contributed by atoms with Gasteiger partial charge in [-0.15, -0.1) is 0 Å². The second-order valence-corrected chi connectivity index (χ2v) is 4.54. The van der Waals surface area contributed by atoms with Crippen LogP contribution in [0.15, 0.2) is 42.5 Å². The molecule has 22 heavy (non-hydrogen) atoms. The van der Waals surface area contributed by atoms with E-state index in [0.29, 0.717) is 41.2 Å². The molecule has 2 rings (SSSR count). The lowest BCUT2D eigenvalue weighted by atomic mass is 9.95. The molecule has 0 fully saturated rings. The summed E-state index contributed by atoms with van der Waals surface area (Å²) in [6.45, 7) is 4.39. The van der Waals surface area contributed by atoms with E-state index in [4.69, 9.17) is 9.47 Å². The highest BCUT2D eigenvalue weighted by atomic mass is 16.5. The summed E-state index contributed by atoms with van der Waals surface area (Å²) in [6, 6.07) is 12.3. The monoisotopic (exact) mass is 298 g/mol. The third kappa shape index (κ3) is 3.17. The van der Waals surface area contributed by atoms with Crippen LogP contribution >= 0.6 is 0 Å². The van der Waals surface area contributed by atoms with Gasteiger partial charge in [0.15, 0.2) is 6.29 Å². The zero-order chi connectivity index (χ0) is 15.9. The minimum Gasteiger partial charge on any atom is -0.493 e. The molecule has 4 heteroatoms. The number of ether oxygens (including phenoxy) is 2. The predicted molar refractivity (Wildman–Crippen MR) is 84.4 cm³/mol. The van der Waals surface area contributed by atoms with E-state index < -0.39 is 5.97 Å². The first-order chi connectivity index (χ1) is 10.7. The van der Waals surface area contributed by atoms with Crippen molar-refractivity contribution >= 4 is 12.3 Å². The Hall–Kier alpha value is -2.62. The Labute approximate surface area is 129 Å². The average molecular weight is 298 g/mol. The Balaban J connectivity index is 2.66. The Morgan fingerprint density at radius 3 is 2.50 bits per heavy atom. The Morgan fingerprint density at radius 2 is 1.82 bits per heavy atom. The number of carbonyl (C=O) groups is 2. The lowest BCUT2D eigenvalue weighted by Gasteiger charge is -2.15. The summed E-state index contributed by atoms with van der Waals surface area (Å²) < 4.78 is 10.7. The quantitative estimate of drug-likeness (QED) is 0.602. The Morgan fingerprint density at radius 1 is 1.05 bits per heavy atom. The SMILES string of the molecule is CCOC(=O)c1ccccc1-c1c(C=O)cccc1OCC. The van der Waals surface area contributed by atoms with Gasteiger partial charge < -0.3 is 9.47 Å². The van der Waals surface area contributed by atoms with Gasteiger partial charge >= 0.3 is 5.97 Å². The van der Waals surface area contributed by atoms with Crippen molar-refractivity contribution in [3.05, 3.63) is 53.6 Å². The first-order valence-electron chi connectivity index (χ1n) is 7.20. The number of carbonyl (C=O) groups excluding carboxylic acids is 2. The van der Waals surface area contributed by atoms with Gasteiger partial charge in [-0.3, -0.25) is 4.79 Å². The normalized spacial score (nSPS) is 10.1. The van der Waals surface area contributed by atoms with E-state index in [1.807, 2.05) is 13.0 Å². The molecule has 0 saturated heterocycles. The van der Waals surface area contributed by atoms with E-state index in [2.05, 4.69) is 0 Å². The fourth-order valence-corrected chi connectivity index (χ4v) is 2.30. The molecule has 0 heterocycles. The Bertz CT molecular complexity index is 677. The smallest absolute Gasteiger partial charge is 0.338 e. The Kier molecular flexibility index (Phi) is 5.31. The maximum atomic E-state index is 12.2. The first-order valence-corrected chi connectivity index (χ1v) is 7.20. The summed E-state index contributed by atoms with van der Waals surface area (Å²) in [5.41, 5.74) is 2.14. The minimum atomic E-state index is -0.416. The van der Waals surface area contributed by atoms with Crippen molar-refractivity contribution in [3.8, 4) is 16.9 Å². The molecule has 0 N–H and O–H groups in total. The molecule has 0 aromatic heterocycles. The van der Waals surface area contributed by atoms with Crippen LogP contribution in [0.3, 0.4) is 0 Å². The summed E-state index contributed by atoms with van der Waals surface area (Å²) >= 11 is 0. The van der Waals surface area contributed by atoms with E-state index in [1.54, 1.807) is 43.3 Å². The van der Waals surface area contributed by atoms with Crippen molar-refractivity contribution in [1.82, 2.24) is 0 Å². The van der Waals surface area contributed by atoms with Crippen molar-refractivity contribution in [3.63, 3.8) is 0 Å². The fourth-order valence-electron chi connectivity index (χ4n) is 2.30. The molecule has 2 aromatic carbocycles. The molecule has 0 atom stereocenters. The standard InChI is InChI=1S/C18H18O4/c1-3-21-16-11-7-8-13(12-19)17(16)14-9-5-6-10-15(14)18(20)22-4-2/h5-12H,3-4H2,1-2H3. The molecule has 0 saturated carbocycles. The van der Waals surface area contributed by atoms with Gasteiger partial charge in [0, 0.05) is 16.7 Å². The van der Waals surface area contributed by atoms with Crippen LogP contribution in [0.5, 0.6) is 5.75 Å². The minimum absolute atomic E-state index is 0.292. The second kappa shape index (κ2) is 7.41. The third-order valence-electron chi connectivity index (χ3n) is 3.18. The highest BCUT2D eigenvalue weighted by molar-refractivity contribution is 6.01. The van der Waals surface area contributed by atoms with Gasteiger partial charge in [0.25, 0.3) is 0 Å². The van der Waals surface area contributed by atoms with Crippen molar-refractivity contribution in [2.24, 2.45) is 0 Å². The van der Waals surface area contributed by atoms with Gasteiger partial charge in [-0.05, 0) is 26.0 Å². The lowest BCUT2D eigenvalue weighted by Crippen LogP contribution is -2.07. The van der Waals surface area contributed by atoms with Gasteiger partial charge in [-0.2, -0.15) is 0 Å². The topological polar surface area (TPSA) is 52.6 Å². The number of esters is 1. The van der Waals surface area contributed by atoms with E-state index in [0.717, 1.165) is 6.29 Å². The van der Waals surface area contributed by atoms with Crippen LogP contribution in [0.25, 0.3) is 11.1 Å². The van der Waals surface area contributed by atoms with E-state index in [1.165, 1.54) is 0 Å². The largest absolute Gasteiger partial charge is 0.493 e. The van der Waals surface area contributed by atoms with E-state index in [-0.39, 0.29) is 0 Å². The lowest BCUT2D eigenvalue weighted by molar-refractivity contribution is 0.0527. The molecule has 0 spiro atoms. The highest BCUT2D eigenvalue weighted by Crippen LogP contribution is 2.35. The number of aldehydes is 1. The number of hydrogen-bond acceptors (Lipinski definition) is 4. The summed E-state index contributed by atoms with van der Waals surface area (Å²) in [5.74, 6) is 0.157. The van der Waals surface area contributed by atoms with Crippen molar-refractivity contribution in [2.75, 3.05) is 13.2 Å². The van der Waals surface area contributed by atoms with E-state index >= 15 is 0 Å². The molecule has 0 aliphatic heterocycles. The van der Waals surface area contributed by atoms with Gasteiger partial charge in [-0.1, -0.05) is 30.3 Å². The predicted octanol–water partition coefficient (Wildman–Crippen LogP) is 3.74. The molecule has 0 aliphatic carbocycles. The molecular formula is C18H18O4. The van der Waals surface area contributed by atoms with Crippen LogP contribution in [0.4, 0.5) is 0 Å². The molecule has 0 aliphatic rings. The first kappa shape index (κ1) is 15.8. The van der Waals surface area contributed by atoms with Crippen LogP contribution in [0.1, 0.15) is 34.6 Å². The summed E-state index contributed by atoms with van der Waals surface area (Å²) in [5, 5.41) is 0. The average Bonchev–Trinajstić information content (AvgIpc) is 2.55. The van der Waals surface area contributed by atoms with Crippen LogP contribution in [0.2, 0.25) is 0 Å². The van der Waals surface area contributed by atoms with Crippen molar-refractivity contribution in [1.29, 1.82) is 0 Å². The molecule has 2 aromatic rings. The van der Waals surface area contributed by atoms with Gasteiger partial charge in [-0.25, -0.2) is 4.79 Å². The maximum Gasteiger partial charge on any atom is 0.338 e. The summed E-state index contributed by atoms with van der Waals surface area (Å²) in [7, 11) is 0. The molecule has 4 nitrogen and oxygen atoms in total. The number of hydrogen-bond donors (Lipinski definition) is 0. The van der Waals surface area contributed by atoms with Crippen LogP contribution in [0, 0.1) is 0 Å². The second-order valence-electron chi connectivity index (χ2n) is 4.54. The zero-order valence-electron chi connectivity index (χ0n) is 12.7. The van der Waals surface area contributed by atoms with Crippen LogP contribution in [-0.2, 0) is 4.74 Å². The highest BCUT2D eigenvalue weighted by Gasteiger charge is 2.19.